The van der Waals surface area contributed by atoms with E-state index in [1.54, 1.807) is 43.3 Å². The summed E-state index contributed by atoms with van der Waals surface area (Å²) in [5.74, 6) is -0.658. The summed E-state index contributed by atoms with van der Waals surface area (Å²) < 4.78 is 20.5. The van der Waals surface area contributed by atoms with Crippen LogP contribution < -0.4 is 16.6 Å². The Bertz CT molecular complexity index is 1480. The van der Waals surface area contributed by atoms with Gasteiger partial charge in [-0.3, -0.25) is 14.2 Å². The lowest BCUT2D eigenvalue weighted by Gasteiger charge is -2.09. The lowest BCUT2D eigenvalue weighted by molar-refractivity contribution is -0.121. The molecule has 0 aliphatic heterocycles. The van der Waals surface area contributed by atoms with Crippen LogP contribution in [0.3, 0.4) is 0 Å². The zero-order chi connectivity index (χ0) is 24.9. The molecule has 35 heavy (non-hydrogen) atoms. The minimum absolute atomic E-state index is 0.0356. The highest BCUT2D eigenvalue weighted by atomic mass is 35.5. The van der Waals surface area contributed by atoms with E-state index in [0.29, 0.717) is 16.3 Å². The Labute approximate surface area is 203 Å². The fourth-order valence-corrected chi connectivity index (χ4v) is 3.42. The average Bonchev–Trinajstić information content (AvgIpc) is 3.31. The predicted molar refractivity (Wildman–Crippen MR) is 125 cm³/mol. The molecule has 1 N–H and O–H groups in total. The molecule has 1 amide bonds. The summed E-state index contributed by atoms with van der Waals surface area (Å²) in [4.78, 5) is 41.9. The predicted octanol–water partition coefficient (Wildman–Crippen LogP) is 2.51. The summed E-state index contributed by atoms with van der Waals surface area (Å²) >= 11 is 5.92. The van der Waals surface area contributed by atoms with E-state index < -0.39 is 11.2 Å². The Balaban J connectivity index is 1.51. The third-order valence-corrected chi connectivity index (χ3v) is 5.32. The van der Waals surface area contributed by atoms with Crippen molar-refractivity contribution in [3.63, 3.8) is 0 Å². The van der Waals surface area contributed by atoms with E-state index >= 15 is 0 Å². The molecule has 0 atom stereocenters. The summed E-state index contributed by atoms with van der Waals surface area (Å²) in [6.45, 7) is 1.94. The van der Waals surface area contributed by atoms with Crippen molar-refractivity contribution >= 4 is 17.5 Å². The van der Waals surface area contributed by atoms with E-state index in [1.165, 1.54) is 12.1 Å². The number of aryl methyl sites for hydroxylation is 1. The van der Waals surface area contributed by atoms with Crippen molar-refractivity contribution in [3.05, 3.63) is 91.7 Å². The van der Waals surface area contributed by atoms with Crippen LogP contribution in [0.4, 0.5) is 4.39 Å². The second-order valence-electron chi connectivity index (χ2n) is 7.49. The molecule has 0 radical (unpaired) electrons. The summed E-state index contributed by atoms with van der Waals surface area (Å²) in [5.41, 5.74) is -0.425. The molecule has 10 nitrogen and oxygen atoms in total. The first kappa shape index (κ1) is 24.0. The monoisotopic (exact) mass is 498 g/mol. The lowest BCUT2D eigenvalue weighted by Crippen LogP contribution is -2.41. The van der Waals surface area contributed by atoms with Gasteiger partial charge in [-0.2, -0.15) is 14.8 Å². The van der Waals surface area contributed by atoms with Crippen molar-refractivity contribution in [2.75, 3.05) is 0 Å². The van der Waals surface area contributed by atoms with Crippen molar-refractivity contribution in [3.8, 4) is 17.2 Å². The van der Waals surface area contributed by atoms with E-state index in [9.17, 15) is 18.8 Å². The molecule has 4 rings (SSSR count). The van der Waals surface area contributed by atoms with E-state index in [0.717, 1.165) is 9.25 Å². The minimum atomic E-state index is -0.664. The molecule has 4 aromatic rings. The summed E-state index contributed by atoms with van der Waals surface area (Å²) in [6.07, 6.45) is 0.147. The summed E-state index contributed by atoms with van der Waals surface area (Å²) in [6, 6.07) is 12.3. The van der Waals surface area contributed by atoms with Crippen molar-refractivity contribution < 1.29 is 13.7 Å². The zero-order valence-electron chi connectivity index (χ0n) is 18.6. The van der Waals surface area contributed by atoms with Crippen LogP contribution in [-0.4, -0.2) is 30.4 Å². The highest BCUT2D eigenvalue weighted by molar-refractivity contribution is 6.30. The fraction of sp³-hybridized carbons (Fsp3) is 0.217. The van der Waals surface area contributed by atoms with E-state index in [4.69, 9.17) is 16.1 Å². The van der Waals surface area contributed by atoms with Crippen LogP contribution in [0.15, 0.2) is 62.6 Å². The number of hydrogen-bond donors (Lipinski definition) is 1. The van der Waals surface area contributed by atoms with Gasteiger partial charge in [0.2, 0.25) is 17.6 Å². The van der Waals surface area contributed by atoms with Gasteiger partial charge in [0.15, 0.2) is 5.69 Å². The zero-order valence-corrected chi connectivity index (χ0v) is 19.3. The number of aromatic nitrogens is 5. The largest absolute Gasteiger partial charge is 0.352 e. The number of carbonyl (C=O) groups is 1. The quantitative estimate of drug-likeness (QED) is 0.395. The number of rotatable bonds is 8. The normalized spacial score (nSPS) is 10.9. The number of benzene rings is 2. The number of amides is 1. The Hall–Kier alpha value is -4.12. The van der Waals surface area contributed by atoms with Crippen LogP contribution in [0.5, 0.6) is 0 Å². The van der Waals surface area contributed by atoms with Crippen molar-refractivity contribution in [2.45, 2.75) is 32.9 Å². The van der Waals surface area contributed by atoms with Crippen LogP contribution in [0, 0.1) is 5.82 Å². The smallest absolute Gasteiger partial charge is 0.352 e. The molecular formula is C23H20ClFN6O4. The van der Waals surface area contributed by atoms with Crippen molar-refractivity contribution in [2.24, 2.45) is 0 Å². The van der Waals surface area contributed by atoms with E-state index in [2.05, 4.69) is 20.6 Å². The molecule has 0 saturated carbocycles. The molecule has 0 unspecified atom stereocenters. The highest BCUT2D eigenvalue weighted by Gasteiger charge is 2.20. The van der Waals surface area contributed by atoms with Gasteiger partial charge in [0.1, 0.15) is 5.82 Å². The first-order chi connectivity index (χ1) is 16.9. The first-order valence-corrected chi connectivity index (χ1v) is 11.1. The number of nitrogens with zero attached hydrogens (tertiary/aromatic N) is 5. The molecule has 2 aromatic carbocycles. The maximum absolute atomic E-state index is 13.2. The Morgan fingerprint density at radius 3 is 2.66 bits per heavy atom. The maximum atomic E-state index is 13.2. The summed E-state index contributed by atoms with van der Waals surface area (Å²) in [7, 11) is 0. The maximum Gasteiger partial charge on any atom is 0.352 e. The second-order valence-corrected chi connectivity index (χ2v) is 7.92. The van der Waals surface area contributed by atoms with Crippen LogP contribution in [0.2, 0.25) is 5.02 Å². The molecule has 180 valence electrons. The average molecular weight is 499 g/mol. The standard InChI is InChI=1S/C23H20ClFN6O4/c1-2-30-22(33)20(28-31(23(30)34)17-8-6-15(24)7-9-17)21-27-19(35-29-21)11-10-18(32)26-13-14-4-3-5-16(25)12-14/h3-9,12H,2,10-11,13H2,1H3,(H,26,32). The van der Waals surface area contributed by atoms with Gasteiger partial charge >= 0.3 is 5.69 Å². The van der Waals surface area contributed by atoms with Crippen LogP contribution >= 0.6 is 11.6 Å². The van der Waals surface area contributed by atoms with Gasteiger partial charge in [0.25, 0.3) is 5.56 Å². The van der Waals surface area contributed by atoms with Gasteiger partial charge < -0.3 is 9.84 Å². The topological polar surface area (TPSA) is 125 Å². The second kappa shape index (κ2) is 10.4. The number of nitrogens with one attached hydrogen (secondary N) is 1. The number of halogens is 2. The molecule has 0 fully saturated rings. The number of hydrogen-bond acceptors (Lipinski definition) is 7. The molecule has 12 heteroatoms. The fourth-order valence-electron chi connectivity index (χ4n) is 3.29. The molecule has 0 aliphatic carbocycles. The Kier molecular flexibility index (Phi) is 7.16. The Morgan fingerprint density at radius 1 is 1.17 bits per heavy atom. The number of carbonyl (C=O) groups excluding carboxylic acids is 1. The molecule has 0 aliphatic rings. The molecule has 2 heterocycles. The van der Waals surface area contributed by atoms with Gasteiger partial charge in [-0.1, -0.05) is 28.9 Å². The minimum Gasteiger partial charge on any atom is -0.352 e. The van der Waals surface area contributed by atoms with E-state index in [1.807, 2.05) is 0 Å². The highest BCUT2D eigenvalue weighted by Crippen LogP contribution is 2.14. The van der Waals surface area contributed by atoms with Crippen LogP contribution in [-0.2, 0) is 24.3 Å². The molecular weight excluding hydrogens is 479 g/mol. The third-order valence-electron chi connectivity index (χ3n) is 5.07. The third kappa shape index (κ3) is 5.52. The lowest BCUT2D eigenvalue weighted by atomic mass is 10.2. The molecule has 0 saturated heterocycles. The van der Waals surface area contributed by atoms with Gasteiger partial charge in [0.05, 0.1) is 5.69 Å². The molecule has 0 spiro atoms. The first-order valence-electron chi connectivity index (χ1n) is 10.7. The van der Waals surface area contributed by atoms with Crippen LogP contribution in [0.1, 0.15) is 24.8 Å². The van der Waals surface area contributed by atoms with E-state index in [-0.39, 0.29) is 55.1 Å². The van der Waals surface area contributed by atoms with Gasteiger partial charge in [-0.05, 0) is 48.9 Å². The van der Waals surface area contributed by atoms with Crippen LogP contribution in [0.25, 0.3) is 17.2 Å². The van der Waals surface area contributed by atoms with Gasteiger partial charge in [-0.25, -0.2) is 9.18 Å². The van der Waals surface area contributed by atoms with Crippen molar-refractivity contribution in [1.82, 2.24) is 29.8 Å². The molecule has 0 bridgehead atoms. The molecule has 2 aromatic heterocycles. The summed E-state index contributed by atoms with van der Waals surface area (Å²) in [5, 5.41) is 11.1. The van der Waals surface area contributed by atoms with Gasteiger partial charge in [0, 0.05) is 31.0 Å². The van der Waals surface area contributed by atoms with Crippen molar-refractivity contribution in [1.29, 1.82) is 0 Å². The SMILES string of the molecule is CCn1c(=O)c(-c2noc(CCC(=O)NCc3cccc(F)c3)n2)nn(-c2ccc(Cl)cc2)c1=O. The Morgan fingerprint density at radius 2 is 1.94 bits per heavy atom. The van der Waals surface area contributed by atoms with Gasteiger partial charge in [-0.15, -0.1) is 0 Å².